The highest BCUT2D eigenvalue weighted by atomic mass is 16.4. The number of nitrogens with one attached hydrogen (secondary N) is 1. The lowest BCUT2D eigenvalue weighted by molar-refractivity contribution is -0.144. The molecule has 1 amide bonds. The molecule has 132 valence electrons. The molecule has 9 nitrogen and oxygen atoms in total. The Kier molecular flexibility index (Phi) is 5.93. The van der Waals surface area contributed by atoms with Crippen molar-refractivity contribution in [3.8, 4) is 11.6 Å². The van der Waals surface area contributed by atoms with Gasteiger partial charge in [-0.05, 0) is 19.4 Å². The van der Waals surface area contributed by atoms with E-state index in [0.29, 0.717) is 18.7 Å². The first-order chi connectivity index (χ1) is 11.9. The van der Waals surface area contributed by atoms with Gasteiger partial charge in [0.05, 0.1) is 6.42 Å². The molecule has 25 heavy (non-hydrogen) atoms. The van der Waals surface area contributed by atoms with Crippen LogP contribution in [0.4, 0.5) is 0 Å². The monoisotopic (exact) mass is 345 g/mol. The molecule has 0 aliphatic rings. The van der Waals surface area contributed by atoms with E-state index in [1.54, 1.807) is 13.0 Å². The maximum absolute atomic E-state index is 12.4. The summed E-state index contributed by atoms with van der Waals surface area (Å²) in [5.41, 5.74) is 0.123. The molecule has 0 fully saturated rings. The van der Waals surface area contributed by atoms with E-state index >= 15 is 0 Å². The molecule has 0 saturated heterocycles. The van der Waals surface area contributed by atoms with Crippen LogP contribution in [0.2, 0.25) is 0 Å². The van der Waals surface area contributed by atoms with Crippen LogP contribution in [-0.4, -0.2) is 54.9 Å². The van der Waals surface area contributed by atoms with E-state index in [2.05, 4.69) is 19.9 Å². The van der Waals surface area contributed by atoms with Crippen LogP contribution in [0.1, 0.15) is 24.6 Å². The van der Waals surface area contributed by atoms with Crippen LogP contribution in [-0.2, 0) is 16.0 Å². The van der Waals surface area contributed by atoms with Crippen molar-refractivity contribution in [2.75, 3.05) is 13.1 Å². The van der Waals surface area contributed by atoms with Gasteiger partial charge in [-0.2, -0.15) is 0 Å². The molecule has 0 unspecified atom stereocenters. The van der Waals surface area contributed by atoms with Crippen molar-refractivity contribution in [3.05, 3.63) is 40.1 Å². The fourth-order valence-electron chi connectivity index (χ4n) is 2.33. The predicted molar refractivity (Wildman–Crippen MR) is 88.8 cm³/mol. The van der Waals surface area contributed by atoms with Crippen molar-refractivity contribution in [2.45, 2.75) is 26.7 Å². The topological polar surface area (TPSA) is 129 Å². The Morgan fingerprint density at radius 2 is 1.96 bits per heavy atom. The molecular formula is C16H19N5O4. The number of aromatic nitrogens is 4. The number of rotatable bonds is 7. The summed E-state index contributed by atoms with van der Waals surface area (Å²) in [5, 5.41) is 8.91. The van der Waals surface area contributed by atoms with Crippen molar-refractivity contribution in [3.63, 3.8) is 0 Å². The highest BCUT2D eigenvalue weighted by Crippen LogP contribution is 2.09. The third kappa shape index (κ3) is 4.69. The van der Waals surface area contributed by atoms with E-state index in [0.717, 1.165) is 0 Å². The molecule has 2 rings (SSSR count). The molecule has 0 atom stereocenters. The number of aliphatic carboxylic acids is 1. The van der Waals surface area contributed by atoms with E-state index in [1.807, 2.05) is 6.92 Å². The summed E-state index contributed by atoms with van der Waals surface area (Å²) in [7, 11) is 0. The van der Waals surface area contributed by atoms with Crippen LogP contribution >= 0.6 is 0 Å². The zero-order valence-electron chi connectivity index (χ0n) is 14.0. The number of nitrogens with zero attached hydrogens (tertiary/aromatic N) is 4. The summed E-state index contributed by atoms with van der Waals surface area (Å²) < 4.78 is 0. The fraction of sp³-hybridized carbons (Fsp3) is 0.375. The maximum atomic E-state index is 12.4. The van der Waals surface area contributed by atoms with Gasteiger partial charge in [0.2, 0.25) is 5.91 Å². The minimum atomic E-state index is -1.10. The standard InChI is InChI=1S/C16H19N5O4/c1-3-7-21(9-13(23)24)12(22)8-11-10(2)19-15(20-16(11)25)14-17-5-4-6-18-14/h4-6H,3,7-9H2,1-2H3,(H,23,24)(H,19,20,25). The second-order valence-electron chi connectivity index (χ2n) is 5.44. The second-order valence-corrected chi connectivity index (χ2v) is 5.44. The first-order valence-corrected chi connectivity index (χ1v) is 7.79. The van der Waals surface area contributed by atoms with Crippen LogP contribution in [0.15, 0.2) is 23.3 Å². The molecule has 0 bridgehead atoms. The average molecular weight is 345 g/mol. The number of H-pyrrole nitrogens is 1. The molecule has 0 spiro atoms. The second kappa shape index (κ2) is 8.13. The highest BCUT2D eigenvalue weighted by molar-refractivity contribution is 5.83. The van der Waals surface area contributed by atoms with Crippen LogP contribution in [0.5, 0.6) is 0 Å². The Morgan fingerprint density at radius 1 is 1.28 bits per heavy atom. The summed E-state index contributed by atoms with van der Waals surface area (Å²) in [6.45, 7) is 3.38. The Hall–Kier alpha value is -3.10. The van der Waals surface area contributed by atoms with E-state index in [-0.39, 0.29) is 23.6 Å². The van der Waals surface area contributed by atoms with Gasteiger partial charge >= 0.3 is 5.97 Å². The number of hydrogen-bond acceptors (Lipinski definition) is 6. The van der Waals surface area contributed by atoms with Gasteiger partial charge in [0.25, 0.3) is 5.56 Å². The van der Waals surface area contributed by atoms with Crippen molar-refractivity contribution in [1.29, 1.82) is 0 Å². The molecule has 0 aromatic carbocycles. The van der Waals surface area contributed by atoms with Crippen molar-refractivity contribution < 1.29 is 14.7 Å². The molecule has 0 radical (unpaired) electrons. The normalized spacial score (nSPS) is 10.5. The third-order valence-corrected chi connectivity index (χ3v) is 3.50. The van der Waals surface area contributed by atoms with E-state index in [1.165, 1.54) is 17.3 Å². The van der Waals surface area contributed by atoms with Crippen LogP contribution in [0.3, 0.4) is 0 Å². The number of amides is 1. The SMILES string of the molecule is CCCN(CC(=O)O)C(=O)Cc1c(C)nc(-c2ncccn2)[nH]c1=O. The van der Waals surface area contributed by atoms with E-state index in [9.17, 15) is 14.4 Å². The largest absolute Gasteiger partial charge is 0.480 e. The molecule has 9 heteroatoms. The number of aromatic amines is 1. The lowest BCUT2D eigenvalue weighted by Gasteiger charge is -2.20. The van der Waals surface area contributed by atoms with Crippen LogP contribution < -0.4 is 5.56 Å². The van der Waals surface area contributed by atoms with Gasteiger partial charge in [-0.1, -0.05) is 6.92 Å². The Balaban J connectivity index is 2.26. The summed E-state index contributed by atoms with van der Waals surface area (Å²) in [5.74, 6) is -1.03. The number of carbonyl (C=O) groups excluding carboxylic acids is 1. The first-order valence-electron chi connectivity index (χ1n) is 7.79. The predicted octanol–water partition coefficient (Wildman–Crippen LogP) is 0.401. The van der Waals surface area contributed by atoms with E-state index in [4.69, 9.17) is 5.11 Å². The zero-order chi connectivity index (χ0) is 18.4. The Bertz CT molecular complexity index is 819. The summed E-state index contributed by atoms with van der Waals surface area (Å²) >= 11 is 0. The highest BCUT2D eigenvalue weighted by Gasteiger charge is 2.20. The molecule has 0 aliphatic carbocycles. The van der Waals surface area contributed by atoms with E-state index < -0.39 is 24.0 Å². The Morgan fingerprint density at radius 3 is 2.52 bits per heavy atom. The van der Waals surface area contributed by atoms with Crippen molar-refractivity contribution in [1.82, 2.24) is 24.8 Å². The van der Waals surface area contributed by atoms with Gasteiger partial charge in [0, 0.05) is 30.2 Å². The van der Waals surface area contributed by atoms with Gasteiger partial charge in [-0.15, -0.1) is 0 Å². The van der Waals surface area contributed by atoms with Gasteiger partial charge in [0.15, 0.2) is 11.6 Å². The zero-order valence-corrected chi connectivity index (χ0v) is 14.0. The first kappa shape index (κ1) is 18.2. The Labute approximate surface area is 143 Å². The number of carbonyl (C=O) groups is 2. The quantitative estimate of drug-likeness (QED) is 0.743. The van der Waals surface area contributed by atoms with Gasteiger partial charge in [-0.3, -0.25) is 14.4 Å². The number of carboxylic acid groups (broad SMARTS) is 1. The lowest BCUT2D eigenvalue weighted by Crippen LogP contribution is -2.38. The number of aryl methyl sites for hydroxylation is 1. The molecule has 2 aromatic heterocycles. The molecule has 2 N–H and O–H groups in total. The summed E-state index contributed by atoms with van der Waals surface area (Å²) in [6, 6.07) is 1.65. The third-order valence-electron chi connectivity index (χ3n) is 3.50. The van der Waals surface area contributed by atoms with Gasteiger partial charge < -0.3 is 15.0 Å². The van der Waals surface area contributed by atoms with Gasteiger partial charge in [-0.25, -0.2) is 15.0 Å². The maximum Gasteiger partial charge on any atom is 0.323 e. The number of carboxylic acids is 1. The van der Waals surface area contributed by atoms with Crippen molar-refractivity contribution in [2.24, 2.45) is 0 Å². The summed E-state index contributed by atoms with van der Waals surface area (Å²) in [6.07, 6.45) is 3.47. The average Bonchev–Trinajstić information content (AvgIpc) is 2.57. The molecule has 0 saturated carbocycles. The molecule has 2 heterocycles. The van der Waals surface area contributed by atoms with Gasteiger partial charge in [0.1, 0.15) is 6.54 Å². The lowest BCUT2D eigenvalue weighted by atomic mass is 10.1. The van der Waals surface area contributed by atoms with Crippen LogP contribution in [0, 0.1) is 6.92 Å². The van der Waals surface area contributed by atoms with Crippen molar-refractivity contribution >= 4 is 11.9 Å². The smallest absolute Gasteiger partial charge is 0.323 e. The molecule has 2 aromatic rings. The minimum absolute atomic E-state index is 0.205. The summed E-state index contributed by atoms with van der Waals surface area (Å²) in [4.78, 5) is 51.7. The number of hydrogen-bond donors (Lipinski definition) is 2. The van der Waals surface area contributed by atoms with Crippen LogP contribution in [0.25, 0.3) is 11.6 Å². The minimum Gasteiger partial charge on any atom is -0.480 e. The fourth-order valence-corrected chi connectivity index (χ4v) is 2.33. The molecular weight excluding hydrogens is 326 g/mol. The molecule has 0 aliphatic heterocycles.